The summed E-state index contributed by atoms with van der Waals surface area (Å²) in [6.07, 6.45) is 0.775. The number of aromatic amines is 1. The first-order valence-corrected chi connectivity index (χ1v) is 9.30. The number of hydrogen-bond donors (Lipinski definition) is 3. The molecular formula is C22H20N4S. The Morgan fingerprint density at radius 3 is 2.30 bits per heavy atom. The predicted molar refractivity (Wildman–Crippen MR) is 115 cm³/mol. The van der Waals surface area contributed by atoms with Gasteiger partial charge in [0.25, 0.3) is 0 Å². The van der Waals surface area contributed by atoms with E-state index < -0.39 is 0 Å². The molecule has 134 valence electrons. The van der Waals surface area contributed by atoms with Crippen LogP contribution in [0.1, 0.15) is 17.4 Å². The van der Waals surface area contributed by atoms with Gasteiger partial charge in [0.15, 0.2) is 5.11 Å². The van der Waals surface area contributed by atoms with Crippen molar-refractivity contribution < 1.29 is 0 Å². The van der Waals surface area contributed by atoms with E-state index in [2.05, 4.69) is 27.8 Å². The average Bonchev–Trinajstić information content (AvgIpc) is 3.13. The Kier molecular flexibility index (Phi) is 5.12. The van der Waals surface area contributed by atoms with Crippen molar-refractivity contribution in [3.63, 3.8) is 0 Å². The molecule has 0 saturated heterocycles. The Labute approximate surface area is 163 Å². The molecule has 27 heavy (non-hydrogen) atoms. The molecule has 5 heteroatoms. The molecule has 0 aliphatic rings. The predicted octanol–water partition coefficient (Wildman–Crippen LogP) is 4.83. The van der Waals surface area contributed by atoms with Crippen molar-refractivity contribution >= 4 is 34.1 Å². The topological polar surface area (TPSA) is 52.7 Å². The maximum atomic E-state index is 5.55. The summed E-state index contributed by atoms with van der Waals surface area (Å²) in [7, 11) is 0. The lowest BCUT2D eigenvalue weighted by Crippen LogP contribution is -2.34. The average molecular weight is 372 g/mol. The van der Waals surface area contributed by atoms with E-state index in [0.29, 0.717) is 5.11 Å². The molecular weight excluding hydrogens is 352 g/mol. The highest BCUT2D eigenvalue weighted by Gasteiger charge is 2.18. The van der Waals surface area contributed by atoms with Crippen molar-refractivity contribution in [1.82, 2.24) is 15.3 Å². The van der Waals surface area contributed by atoms with Crippen LogP contribution in [0.15, 0.2) is 84.9 Å². The van der Waals surface area contributed by atoms with E-state index in [-0.39, 0.29) is 6.04 Å². The third kappa shape index (κ3) is 4.33. The zero-order valence-electron chi connectivity index (χ0n) is 14.7. The highest BCUT2D eigenvalue weighted by Crippen LogP contribution is 2.20. The van der Waals surface area contributed by atoms with E-state index in [9.17, 15) is 0 Å². The van der Waals surface area contributed by atoms with E-state index in [1.807, 2.05) is 72.8 Å². The Morgan fingerprint density at radius 1 is 0.889 bits per heavy atom. The lowest BCUT2D eigenvalue weighted by atomic mass is 10.1. The number of rotatable bonds is 5. The van der Waals surface area contributed by atoms with E-state index in [0.717, 1.165) is 29.0 Å². The first kappa shape index (κ1) is 17.2. The summed E-state index contributed by atoms with van der Waals surface area (Å²) in [5, 5.41) is 7.23. The van der Waals surface area contributed by atoms with Crippen LogP contribution in [-0.4, -0.2) is 15.1 Å². The maximum Gasteiger partial charge on any atom is 0.171 e. The number of nitrogens with one attached hydrogen (secondary N) is 3. The Hall–Kier alpha value is -3.18. The molecule has 4 nitrogen and oxygen atoms in total. The Morgan fingerprint density at radius 2 is 1.56 bits per heavy atom. The molecule has 4 rings (SSSR count). The fraction of sp³-hybridized carbons (Fsp3) is 0.0909. The fourth-order valence-electron chi connectivity index (χ4n) is 3.05. The van der Waals surface area contributed by atoms with Crippen LogP contribution < -0.4 is 10.6 Å². The van der Waals surface area contributed by atoms with E-state index in [4.69, 9.17) is 17.2 Å². The van der Waals surface area contributed by atoms with Crippen molar-refractivity contribution in [2.45, 2.75) is 12.5 Å². The molecule has 0 aliphatic carbocycles. The normalized spacial score (nSPS) is 11.9. The van der Waals surface area contributed by atoms with Gasteiger partial charge in [-0.2, -0.15) is 0 Å². The van der Waals surface area contributed by atoms with Crippen LogP contribution in [0.4, 0.5) is 5.69 Å². The summed E-state index contributed by atoms with van der Waals surface area (Å²) < 4.78 is 0. The SMILES string of the molecule is S=C(Nc1ccccc1)N[C@H](Cc1ccccc1)c1nc2ccccc2[nH]1. The summed E-state index contributed by atoms with van der Waals surface area (Å²) in [6.45, 7) is 0. The summed E-state index contributed by atoms with van der Waals surface area (Å²) in [5.41, 5.74) is 4.15. The third-order valence-corrected chi connectivity index (χ3v) is 4.58. The fourth-order valence-corrected chi connectivity index (χ4v) is 3.31. The minimum Gasteiger partial charge on any atom is -0.352 e. The van der Waals surface area contributed by atoms with Crippen LogP contribution in [0.3, 0.4) is 0 Å². The molecule has 1 heterocycles. The van der Waals surface area contributed by atoms with Crippen molar-refractivity contribution in [2.24, 2.45) is 0 Å². The molecule has 0 spiro atoms. The molecule has 0 saturated carbocycles. The number of imidazole rings is 1. The van der Waals surface area contributed by atoms with Crippen molar-refractivity contribution in [2.75, 3.05) is 5.32 Å². The number of hydrogen-bond acceptors (Lipinski definition) is 2. The molecule has 0 fully saturated rings. The van der Waals surface area contributed by atoms with Gasteiger partial charge in [-0.3, -0.25) is 0 Å². The van der Waals surface area contributed by atoms with Crippen molar-refractivity contribution in [3.05, 3.63) is 96.3 Å². The first-order valence-electron chi connectivity index (χ1n) is 8.89. The van der Waals surface area contributed by atoms with Crippen molar-refractivity contribution in [3.8, 4) is 0 Å². The minimum atomic E-state index is -0.0662. The van der Waals surface area contributed by atoms with E-state index in [1.165, 1.54) is 5.56 Å². The maximum absolute atomic E-state index is 5.55. The smallest absolute Gasteiger partial charge is 0.171 e. The number of para-hydroxylation sites is 3. The standard InChI is InChI=1S/C22H20N4S/c27-22(23-17-11-5-2-6-12-17)26-20(15-16-9-3-1-4-10-16)21-24-18-13-7-8-14-19(18)25-21/h1-14,20H,15H2,(H,24,25)(H2,23,26,27)/t20-/m1/s1. The number of H-pyrrole nitrogens is 1. The van der Waals surface area contributed by atoms with Gasteiger partial charge in [-0.25, -0.2) is 4.98 Å². The highest BCUT2D eigenvalue weighted by atomic mass is 32.1. The molecule has 0 amide bonds. The molecule has 1 aromatic heterocycles. The molecule has 3 N–H and O–H groups in total. The second-order valence-corrected chi connectivity index (χ2v) is 6.75. The number of aromatic nitrogens is 2. The lowest BCUT2D eigenvalue weighted by Gasteiger charge is -2.19. The van der Waals surface area contributed by atoms with Gasteiger partial charge >= 0.3 is 0 Å². The van der Waals surface area contributed by atoms with Crippen LogP contribution in [0.5, 0.6) is 0 Å². The van der Waals surface area contributed by atoms with Crippen molar-refractivity contribution in [1.29, 1.82) is 0 Å². The molecule has 0 radical (unpaired) electrons. The van der Waals surface area contributed by atoms with Crippen LogP contribution in [-0.2, 0) is 6.42 Å². The number of benzene rings is 3. The molecule has 0 bridgehead atoms. The second-order valence-electron chi connectivity index (χ2n) is 6.35. The molecule has 1 atom stereocenters. The van der Waals surface area contributed by atoms with E-state index >= 15 is 0 Å². The van der Waals surface area contributed by atoms with Crippen LogP contribution >= 0.6 is 12.2 Å². The van der Waals surface area contributed by atoms with Gasteiger partial charge in [0.05, 0.1) is 17.1 Å². The van der Waals surface area contributed by atoms with Gasteiger partial charge < -0.3 is 15.6 Å². The van der Waals surface area contributed by atoms with Gasteiger partial charge in [-0.1, -0.05) is 60.7 Å². The summed E-state index contributed by atoms with van der Waals surface area (Å²) in [4.78, 5) is 8.19. The Bertz CT molecular complexity index is 995. The summed E-state index contributed by atoms with van der Waals surface area (Å²) in [5.74, 6) is 0.872. The van der Waals surface area contributed by atoms with Gasteiger partial charge in [0.2, 0.25) is 0 Å². The largest absolute Gasteiger partial charge is 0.352 e. The van der Waals surface area contributed by atoms with Crippen LogP contribution in [0.2, 0.25) is 0 Å². The highest BCUT2D eigenvalue weighted by molar-refractivity contribution is 7.80. The number of thiocarbonyl (C=S) groups is 1. The summed E-state index contributed by atoms with van der Waals surface area (Å²) in [6, 6.07) is 28.2. The summed E-state index contributed by atoms with van der Waals surface area (Å²) >= 11 is 5.55. The van der Waals surface area contributed by atoms with Crippen LogP contribution in [0, 0.1) is 0 Å². The monoisotopic (exact) mass is 372 g/mol. The first-order chi connectivity index (χ1) is 13.3. The zero-order chi connectivity index (χ0) is 18.5. The van der Waals surface area contributed by atoms with Gasteiger partial charge in [-0.05, 0) is 48.5 Å². The quantitative estimate of drug-likeness (QED) is 0.439. The van der Waals surface area contributed by atoms with Gasteiger partial charge in [0, 0.05) is 5.69 Å². The Balaban J connectivity index is 1.58. The third-order valence-electron chi connectivity index (χ3n) is 4.36. The minimum absolute atomic E-state index is 0.0662. The van der Waals surface area contributed by atoms with E-state index in [1.54, 1.807) is 0 Å². The second kappa shape index (κ2) is 8.01. The molecule has 3 aromatic carbocycles. The van der Waals surface area contributed by atoms with Crippen LogP contribution in [0.25, 0.3) is 11.0 Å². The lowest BCUT2D eigenvalue weighted by molar-refractivity contribution is 0.614. The molecule has 0 unspecified atom stereocenters. The van der Waals surface area contributed by atoms with Gasteiger partial charge in [0.1, 0.15) is 5.82 Å². The van der Waals surface area contributed by atoms with Gasteiger partial charge in [-0.15, -0.1) is 0 Å². The molecule has 4 aromatic rings. The number of nitrogens with zero attached hydrogens (tertiary/aromatic N) is 1. The number of fused-ring (bicyclic) bond motifs is 1. The number of anilines is 1. The molecule has 0 aliphatic heterocycles. The zero-order valence-corrected chi connectivity index (χ0v) is 15.5.